The van der Waals surface area contributed by atoms with Crippen LogP contribution < -0.4 is 0 Å². The molecule has 98 valence electrons. The molecular weight excluding hydrogens is 216 g/mol. The van der Waals surface area contributed by atoms with Gasteiger partial charge in [0.15, 0.2) is 5.78 Å². The first kappa shape index (κ1) is 15.9. The van der Waals surface area contributed by atoms with E-state index in [1.165, 1.54) is 6.92 Å². The smallest absolute Gasteiger partial charge is 0.341 e. The minimum absolute atomic E-state index is 0.204. The molecular formula is C14H24O3. The van der Waals surface area contributed by atoms with Crippen molar-refractivity contribution in [1.82, 2.24) is 0 Å². The number of carbonyl (C=O) groups excluding carboxylic acids is 2. The van der Waals surface area contributed by atoms with E-state index in [0.717, 1.165) is 25.7 Å². The van der Waals surface area contributed by atoms with Gasteiger partial charge in [0.05, 0.1) is 12.2 Å². The molecule has 3 nitrogen and oxygen atoms in total. The van der Waals surface area contributed by atoms with E-state index in [0.29, 0.717) is 12.5 Å². The molecule has 0 radical (unpaired) electrons. The van der Waals surface area contributed by atoms with Crippen molar-refractivity contribution in [3.8, 4) is 0 Å². The van der Waals surface area contributed by atoms with Crippen LogP contribution in [0.2, 0.25) is 0 Å². The van der Waals surface area contributed by atoms with Crippen molar-refractivity contribution in [2.24, 2.45) is 5.92 Å². The highest BCUT2D eigenvalue weighted by Crippen LogP contribution is 2.17. The van der Waals surface area contributed by atoms with Crippen molar-refractivity contribution in [3.05, 3.63) is 11.6 Å². The zero-order chi connectivity index (χ0) is 13.3. The molecule has 17 heavy (non-hydrogen) atoms. The molecule has 0 aliphatic carbocycles. The maximum Gasteiger partial charge on any atom is 0.341 e. The quantitative estimate of drug-likeness (QED) is 0.283. The summed E-state index contributed by atoms with van der Waals surface area (Å²) in [5, 5.41) is 0. The van der Waals surface area contributed by atoms with Crippen LogP contribution >= 0.6 is 0 Å². The Morgan fingerprint density at radius 2 is 1.88 bits per heavy atom. The number of hydrogen-bond acceptors (Lipinski definition) is 3. The van der Waals surface area contributed by atoms with Gasteiger partial charge < -0.3 is 4.74 Å². The second-order valence-corrected chi connectivity index (χ2v) is 4.17. The molecule has 0 N–H and O–H groups in total. The Morgan fingerprint density at radius 1 is 1.24 bits per heavy atom. The lowest BCUT2D eigenvalue weighted by molar-refractivity contribution is -0.139. The SMILES string of the molecule is CCCC[C@H](/C=C(/C(C)=O)C(=O)OCC)CC. The second kappa shape index (κ2) is 8.97. The van der Waals surface area contributed by atoms with Gasteiger partial charge in [-0.2, -0.15) is 0 Å². The third-order valence-electron chi connectivity index (χ3n) is 2.73. The predicted octanol–water partition coefficient (Wildman–Crippen LogP) is 3.28. The van der Waals surface area contributed by atoms with E-state index < -0.39 is 5.97 Å². The van der Waals surface area contributed by atoms with Crippen molar-refractivity contribution in [2.75, 3.05) is 6.61 Å². The fourth-order valence-electron chi connectivity index (χ4n) is 1.65. The van der Waals surface area contributed by atoms with E-state index >= 15 is 0 Å². The van der Waals surface area contributed by atoms with Gasteiger partial charge in [-0.15, -0.1) is 0 Å². The molecule has 0 aliphatic rings. The molecule has 0 aromatic carbocycles. The summed E-state index contributed by atoms with van der Waals surface area (Å²) in [6.07, 6.45) is 5.98. The number of hydrogen-bond donors (Lipinski definition) is 0. The number of esters is 1. The van der Waals surface area contributed by atoms with Crippen LogP contribution in [0.4, 0.5) is 0 Å². The van der Waals surface area contributed by atoms with Gasteiger partial charge in [-0.3, -0.25) is 4.79 Å². The molecule has 0 rings (SSSR count). The van der Waals surface area contributed by atoms with Crippen LogP contribution in [0.25, 0.3) is 0 Å². The van der Waals surface area contributed by atoms with Crippen LogP contribution in [0.3, 0.4) is 0 Å². The predicted molar refractivity (Wildman–Crippen MR) is 68.7 cm³/mol. The van der Waals surface area contributed by atoms with Crippen molar-refractivity contribution in [1.29, 1.82) is 0 Å². The molecule has 0 spiro atoms. The van der Waals surface area contributed by atoms with E-state index in [-0.39, 0.29) is 11.4 Å². The molecule has 0 aromatic rings. The van der Waals surface area contributed by atoms with Crippen LogP contribution in [0.1, 0.15) is 53.4 Å². The van der Waals surface area contributed by atoms with Crippen molar-refractivity contribution < 1.29 is 14.3 Å². The first-order chi connectivity index (χ1) is 8.06. The number of ether oxygens (including phenoxy) is 1. The summed E-state index contributed by atoms with van der Waals surface area (Å²) in [4.78, 5) is 23.0. The van der Waals surface area contributed by atoms with Gasteiger partial charge in [0.2, 0.25) is 0 Å². The molecule has 3 heteroatoms. The molecule has 0 saturated heterocycles. The van der Waals surface area contributed by atoms with Gasteiger partial charge >= 0.3 is 5.97 Å². The Kier molecular flexibility index (Phi) is 8.38. The van der Waals surface area contributed by atoms with Gasteiger partial charge in [0, 0.05) is 0 Å². The van der Waals surface area contributed by atoms with Crippen LogP contribution in [0, 0.1) is 5.92 Å². The summed E-state index contributed by atoms with van der Waals surface area (Å²) in [5.74, 6) is -0.411. The van der Waals surface area contributed by atoms with Crippen molar-refractivity contribution in [2.45, 2.75) is 53.4 Å². The normalized spacial score (nSPS) is 13.3. The highest BCUT2D eigenvalue weighted by molar-refractivity contribution is 6.16. The van der Waals surface area contributed by atoms with Gasteiger partial charge in [0.25, 0.3) is 0 Å². The highest BCUT2D eigenvalue weighted by atomic mass is 16.5. The van der Waals surface area contributed by atoms with Crippen LogP contribution in [0.15, 0.2) is 11.6 Å². The van der Waals surface area contributed by atoms with Crippen molar-refractivity contribution in [3.63, 3.8) is 0 Å². The average molecular weight is 240 g/mol. The third kappa shape index (κ3) is 6.25. The van der Waals surface area contributed by atoms with E-state index in [1.807, 2.05) is 0 Å². The Balaban J connectivity index is 4.75. The number of rotatable bonds is 8. The average Bonchev–Trinajstić information content (AvgIpc) is 2.29. The van der Waals surface area contributed by atoms with Gasteiger partial charge in [-0.25, -0.2) is 4.79 Å². The lowest BCUT2D eigenvalue weighted by Crippen LogP contribution is -2.15. The Morgan fingerprint density at radius 3 is 2.29 bits per heavy atom. The molecule has 0 aliphatic heterocycles. The zero-order valence-corrected chi connectivity index (χ0v) is 11.4. The fraction of sp³-hybridized carbons (Fsp3) is 0.714. The fourth-order valence-corrected chi connectivity index (χ4v) is 1.65. The lowest BCUT2D eigenvalue weighted by atomic mass is 9.95. The number of Topliss-reactive ketones (excluding diaryl/α,β-unsaturated/α-hetero) is 1. The number of ketones is 1. The molecule has 0 bridgehead atoms. The molecule has 1 atom stereocenters. The van der Waals surface area contributed by atoms with E-state index in [9.17, 15) is 9.59 Å². The molecule has 0 unspecified atom stereocenters. The third-order valence-corrected chi connectivity index (χ3v) is 2.73. The summed E-state index contributed by atoms with van der Waals surface area (Å²) < 4.78 is 4.89. The summed E-state index contributed by atoms with van der Waals surface area (Å²) in [7, 11) is 0. The first-order valence-corrected chi connectivity index (χ1v) is 6.46. The van der Waals surface area contributed by atoms with Crippen LogP contribution in [-0.4, -0.2) is 18.4 Å². The summed E-state index contributed by atoms with van der Waals surface area (Å²) >= 11 is 0. The summed E-state index contributed by atoms with van der Waals surface area (Å²) in [5.41, 5.74) is 0.204. The minimum Gasteiger partial charge on any atom is -0.462 e. The van der Waals surface area contributed by atoms with Gasteiger partial charge in [-0.05, 0) is 32.6 Å². The zero-order valence-electron chi connectivity index (χ0n) is 11.4. The van der Waals surface area contributed by atoms with Gasteiger partial charge in [-0.1, -0.05) is 32.8 Å². The molecule has 0 aromatic heterocycles. The Labute approximate surface area is 104 Å². The second-order valence-electron chi connectivity index (χ2n) is 4.17. The largest absolute Gasteiger partial charge is 0.462 e. The highest BCUT2D eigenvalue weighted by Gasteiger charge is 2.17. The molecule has 0 fully saturated rings. The standard InChI is InChI=1S/C14H24O3/c1-5-8-9-12(6-2)10-13(11(4)15)14(16)17-7-3/h10,12H,5-9H2,1-4H3/b13-10-/t12-/m1/s1. The lowest BCUT2D eigenvalue weighted by Gasteiger charge is -2.11. The molecule has 0 amide bonds. The van der Waals surface area contributed by atoms with Crippen molar-refractivity contribution >= 4 is 11.8 Å². The maximum absolute atomic E-state index is 11.6. The molecule has 0 saturated carbocycles. The maximum atomic E-state index is 11.6. The van der Waals surface area contributed by atoms with Gasteiger partial charge in [0.1, 0.15) is 0 Å². The summed E-state index contributed by atoms with van der Waals surface area (Å²) in [6, 6.07) is 0. The summed E-state index contributed by atoms with van der Waals surface area (Å²) in [6.45, 7) is 7.65. The number of allylic oxidation sites excluding steroid dienone is 1. The number of unbranched alkanes of at least 4 members (excludes halogenated alkanes) is 1. The topological polar surface area (TPSA) is 43.4 Å². The minimum atomic E-state index is -0.491. The monoisotopic (exact) mass is 240 g/mol. The van der Waals surface area contributed by atoms with E-state index in [2.05, 4.69) is 13.8 Å². The Hall–Kier alpha value is -1.12. The van der Waals surface area contributed by atoms with Crippen LogP contribution in [0.5, 0.6) is 0 Å². The Bertz CT molecular complexity index is 279. The first-order valence-electron chi connectivity index (χ1n) is 6.46. The number of carbonyl (C=O) groups is 2. The van der Waals surface area contributed by atoms with Crippen LogP contribution in [-0.2, 0) is 14.3 Å². The molecule has 0 heterocycles. The van der Waals surface area contributed by atoms with E-state index in [4.69, 9.17) is 4.74 Å². The van der Waals surface area contributed by atoms with E-state index in [1.54, 1.807) is 13.0 Å².